The van der Waals surface area contributed by atoms with Crippen LogP contribution in [0.1, 0.15) is 18.1 Å². The predicted molar refractivity (Wildman–Crippen MR) is 66.0 cm³/mol. The van der Waals surface area contributed by atoms with Crippen molar-refractivity contribution in [1.29, 1.82) is 0 Å². The summed E-state index contributed by atoms with van der Waals surface area (Å²) < 4.78 is 27.1. The van der Waals surface area contributed by atoms with Gasteiger partial charge in [0.25, 0.3) is 0 Å². The number of rotatable bonds is 1. The molecule has 0 spiro atoms. The van der Waals surface area contributed by atoms with Crippen LogP contribution in [-0.2, 0) is 6.42 Å². The zero-order valence-corrected chi connectivity index (χ0v) is 11.1. The third-order valence-electron chi connectivity index (χ3n) is 2.07. The van der Waals surface area contributed by atoms with Crippen LogP contribution in [0.3, 0.4) is 0 Å². The number of hydrogen-bond donors (Lipinski definition) is 0. The molecule has 0 saturated carbocycles. The third-order valence-corrected chi connectivity index (χ3v) is 2.95. The van der Waals surface area contributed by atoms with Crippen molar-refractivity contribution in [3.63, 3.8) is 0 Å². The van der Waals surface area contributed by atoms with Gasteiger partial charge < -0.3 is 0 Å². The first-order valence-corrected chi connectivity index (χ1v) is 8.84. The molecule has 0 radical (unpaired) electrons. The smallest absolute Gasteiger partial charge is 0.142 e. The largest absolute Gasteiger partial charge is 0.206 e. The summed E-state index contributed by atoms with van der Waals surface area (Å²) in [5.74, 6) is 1.53. The van der Waals surface area contributed by atoms with E-state index in [0.717, 1.165) is 0 Å². The summed E-state index contributed by atoms with van der Waals surface area (Å²) in [5.41, 5.74) is 3.53. The van der Waals surface area contributed by atoms with Gasteiger partial charge in [0.2, 0.25) is 0 Å². The monoisotopic (exact) mass is 238 g/mol. The highest BCUT2D eigenvalue weighted by Gasteiger charge is 2.11. The standard InChI is InChI=1S/C13H16F2Si/c1-5-10-8-12(14)11(13(15)9-10)6-7-16(2,3)4/h8-9H,5H2,1-4H3. The Balaban J connectivity index is 3.19. The molecule has 0 aromatic heterocycles. The average molecular weight is 238 g/mol. The van der Waals surface area contributed by atoms with Crippen LogP contribution >= 0.6 is 0 Å². The minimum absolute atomic E-state index is 0.0976. The summed E-state index contributed by atoms with van der Waals surface area (Å²) in [5, 5.41) is 0. The van der Waals surface area contributed by atoms with Crippen LogP contribution in [0.5, 0.6) is 0 Å². The van der Waals surface area contributed by atoms with Crippen molar-refractivity contribution in [2.24, 2.45) is 0 Å². The van der Waals surface area contributed by atoms with E-state index in [1.54, 1.807) is 0 Å². The fourth-order valence-electron chi connectivity index (χ4n) is 1.20. The fraction of sp³-hybridized carbons (Fsp3) is 0.385. The Kier molecular flexibility index (Phi) is 3.87. The summed E-state index contributed by atoms with van der Waals surface area (Å²) in [6.45, 7) is 7.98. The van der Waals surface area contributed by atoms with E-state index in [-0.39, 0.29) is 5.56 Å². The highest BCUT2D eigenvalue weighted by molar-refractivity contribution is 6.83. The topological polar surface area (TPSA) is 0 Å². The Hall–Kier alpha value is -1.14. The van der Waals surface area contributed by atoms with Gasteiger partial charge in [-0.3, -0.25) is 0 Å². The minimum Gasteiger partial charge on any atom is -0.206 e. The van der Waals surface area contributed by atoms with Gasteiger partial charge in [-0.2, -0.15) is 0 Å². The normalized spacial score (nSPS) is 10.9. The molecule has 0 heterocycles. The van der Waals surface area contributed by atoms with Crippen LogP contribution in [0.25, 0.3) is 0 Å². The molecule has 16 heavy (non-hydrogen) atoms. The van der Waals surface area contributed by atoms with Crippen LogP contribution < -0.4 is 0 Å². The number of benzene rings is 1. The van der Waals surface area contributed by atoms with Crippen LogP contribution in [-0.4, -0.2) is 8.07 Å². The first-order valence-electron chi connectivity index (χ1n) is 5.34. The maximum Gasteiger partial charge on any atom is 0.142 e. The molecule has 0 fully saturated rings. The molecule has 0 nitrogen and oxygen atoms in total. The zero-order valence-electron chi connectivity index (χ0n) is 10.1. The second-order valence-electron chi connectivity index (χ2n) is 4.79. The molecule has 0 N–H and O–H groups in total. The molecule has 0 unspecified atom stereocenters. The average Bonchev–Trinajstić information content (AvgIpc) is 2.14. The van der Waals surface area contributed by atoms with E-state index in [9.17, 15) is 8.78 Å². The molecule has 0 atom stereocenters. The third kappa shape index (κ3) is 3.46. The molecule has 0 amide bonds. The van der Waals surface area contributed by atoms with Crippen molar-refractivity contribution in [2.75, 3.05) is 0 Å². The Morgan fingerprint density at radius 2 is 1.62 bits per heavy atom. The molecule has 0 aliphatic heterocycles. The molecule has 0 bridgehead atoms. The lowest BCUT2D eigenvalue weighted by Crippen LogP contribution is -2.16. The highest BCUT2D eigenvalue weighted by atomic mass is 28.3. The van der Waals surface area contributed by atoms with Crippen LogP contribution in [0, 0.1) is 23.1 Å². The van der Waals surface area contributed by atoms with E-state index in [4.69, 9.17) is 0 Å². The minimum atomic E-state index is -1.60. The van der Waals surface area contributed by atoms with Gasteiger partial charge in [0.15, 0.2) is 0 Å². The first kappa shape index (κ1) is 12.9. The van der Waals surface area contributed by atoms with Crippen molar-refractivity contribution in [2.45, 2.75) is 33.0 Å². The number of halogens is 2. The maximum atomic E-state index is 13.5. The fourth-order valence-corrected chi connectivity index (χ4v) is 1.70. The number of hydrogen-bond acceptors (Lipinski definition) is 0. The van der Waals surface area contributed by atoms with Crippen LogP contribution in [0.15, 0.2) is 12.1 Å². The molecule has 0 aliphatic rings. The predicted octanol–water partition coefficient (Wildman–Crippen LogP) is 3.76. The van der Waals surface area contributed by atoms with Crippen molar-refractivity contribution >= 4 is 8.07 Å². The van der Waals surface area contributed by atoms with E-state index < -0.39 is 19.7 Å². The van der Waals surface area contributed by atoms with Crippen molar-refractivity contribution < 1.29 is 8.78 Å². The van der Waals surface area contributed by atoms with Crippen molar-refractivity contribution in [1.82, 2.24) is 0 Å². The second-order valence-corrected chi connectivity index (χ2v) is 9.54. The summed E-state index contributed by atoms with van der Waals surface area (Å²) in [6.07, 6.45) is 0.621. The van der Waals surface area contributed by atoms with Gasteiger partial charge in [0.05, 0.1) is 5.56 Å². The van der Waals surface area contributed by atoms with E-state index in [0.29, 0.717) is 12.0 Å². The van der Waals surface area contributed by atoms with E-state index >= 15 is 0 Å². The van der Waals surface area contributed by atoms with E-state index in [1.807, 2.05) is 26.6 Å². The maximum absolute atomic E-state index is 13.5. The Bertz CT molecular complexity index is 424. The first-order chi connectivity index (χ1) is 7.33. The molecule has 1 aromatic rings. The quantitative estimate of drug-likeness (QED) is 0.516. The Morgan fingerprint density at radius 3 is 2.00 bits per heavy atom. The highest BCUT2D eigenvalue weighted by Crippen LogP contribution is 2.15. The van der Waals surface area contributed by atoms with Gasteiger partial charge in [-0.05, 0) is 24.1 Å². The van der Waals surface area contributed by atoms with E-state index in [1.165, 1.54) is 12.1 Å². The molecule has 3 heteroatoms. The second kappa shape index (κ2) is 4.79. The van der Waals surface area contributed by atoms with Gasteiger partial charge in [-0.25, -0.2) is 8.78 Å². The van der Waals surface area contributed by atoms with Crippen LogP contribution in [0.4, 0.5) is 8.78 Å². The van der Waals surface area contributed by atoms with Gasteiger partial charge in [0, 0.05) is 0 Å². The molecule has 0 aliphatic carbocycles. The summed E-state index contributed by atoms with van der Waals surface area (Å²) in [4.78, 5) is 0. The Morgan fingerprint density at radius 1 is 1.12 bits per heavy atom. The lowest BCUT2D eigenvalue weighted by molar-refractivity contribution is 0.574. The van der Waals surface area contributed by atoms with Gasteiger partial charge in [-0.15, -0.1) is 5.54 Å². The lowest BCUT2D eigenvalue weighted by Gasteiger charge is -2.05. The van der Waals surface area contributed by atoms with Crippen molar-refractivity contribution in [3.8, 4) is 11.5 Å². The van der Waals surface area contributed by atoms with Gasteiger partial charge in [-0.1, -0.05) is 32.5 Å². The molecular weight excluding hydrogens is 222 g/mol. The van der Waals surface area contributed by atoms with Crippen LogP contribution in [0.2, 0.25) is 19.6 Å². The van der Waals surface area contributed by atoms with Crippen molar-refractivity contribution in [3.05, 3.63) is 34.9 Å². The van der Waals surface area contributed by atoms with Gasteiger partial charge in [0.1, 0.15) is 19.7 Å². The Labute approximate surface area is 96.7 Å². The molecule has 1 rings (SSSR count). The number of aryl methyl sites for hydroxylation is 1. The lowest BCUT2D eigenvalue weighted by atomic mass is 10.1. The molecule has 86 valence electrons. The summed E-state index contributed by atoms with van der Waals surface area (Å²) in [6, 6.07) is 2.72. The molecule has 0 saturated heterocycles. The summed E-state index contributed by atoms with van der Waals surface area (Å²) in [7, 11) is -1.60. The SMILES string of the molecule is CCc1cc(F)c(C#C[Si](C)(C)C)c(F)c1. The summed E-state index contributed by atoms with van der Waals surface area (Å²) >= 11 is 0. The zero-order chi connectivity index (χ0) is 12.3. The van der Waals surface area contributed by atoms with E-state index in [2.05, 4.69) is 11.5 Å². The molecule has 1 aromatic carbocycles. The van der Waals surface area contributed by atoms with Gasteiger partial charge >= 0.3 is 0 Å². The molecular formula is C13H16F2Si.